The van der Waals surface area contributed by atoms with Crippen molar-refractivity contribution in [3.05, 3.63) is 0 Å². The van der Waals surface area contributed by atoms with Crippen molar-refractivity contribution in [1.82, 2.24) is 15.1 Å². The van der Waals surface area contributed by atoms with Gasteiger partial charge in [-0.15, -0.1) is 0 Å². The smallest absolute Gasteiger partial charge is 0.235 e. The van der Waals surface area contributed by atoms with E-state index >= 15 is 0 Å². The zero-order chi connectivity index (χ0) is 17.0. The fraction of sp³-hybridized carbons (Fsp3) is 0.833. The monoisotopic (exact) mass is 332 g/mol. The van der Waals surface area contributed by atoms with Crippen molar-refractivity contribution in [2.45, 2.75) is 56.9 Å². The van der Waals surface area contributed by atoms with Gasteiger partial charge in [0.2, 0.25) is 11.8 Å². The highest BCUT2D eigenvalue weighted by atomic mass is 16.2. The second kappa shape index (κ2) is 7.52. The van der Waals surface area contributed by atoms with Crippen molar-refractivity contribution in [1.29, 1.82) is 5.26 Å². The van der Waals surface area contributed by atoms with Gasteiger partial charge in [0.25, 0.3) is 0 Å². The lowest BCUT2D eigenvalue weighted by Gasteiger charge is -2.33. The van der Waals surface area contributed by atoms with Crippen LogP contribution in [0.4, 0.5) is 0 Å². The first-order chi connectivity index (χ1) is 11.6. The van der Waals surface area contributed by atoms with Crippen LogP contribution in [0.25, 0.3) is 0 Å². The van der Waals surface area contributed by atoms with Gasteiger partial charge < -0.3 is 10.2 Å². The molecule has 2 aliphatic heterocycles. The molecular formula is C18H28N4O2. The highest BCUT2D eigenvalue weighted by Gasteiger charge is 2.36. The molecule has 0 aromatic rings. The summed E-state index contributed by atoms with van der Waals surface area (Å²) >= 11 is 0. The number of nitrogens with zero attached hydrogens (tertiary/aromatic N) is 3. The zero-order valence-electron chi connectivity index (χ0n) is 14.4. The molecule has 1 saturated carbocycles. The third-order valence-corrected chi connectivity index (χ3v) is 5.77. The lowest BCUT2D eigenvalue weighted by molar-refractivity contribution is -0.136. The van der Waals surface area contributed by atoms with Gasteiger partial charge in [-0.1, -0.05) is 0 Å². The summed E-state index contributed by atoms with van der Waals surface area (Å²) < 4.78 is 0. The van der Waals surface area contributed by atoms with Gasteiger partial charge in [-0.2, -0.15) is 5.26 Å². The molecular weight excluding hydrogens is 304 g/mol. The predicted octanol–water partition coefficient (Wildman–Crippen LogP) is 1.27. The highest BCUT2D eigenvalue weighted by Crippen LogP contribution is 2.29. The molecule has 0 radical (unpaired) electrons. The van der Waals surface area contributed by atoms with Gasteiger partial charge >= 0.3 is 0 Å². The minimum absolute atomic E-state index is 0.0530. The molecule has 0 bridgehead atoms. The van der Waals surface area contributed by atoms with Gasteiger partial charge in [0.15, 0.2) is 0 Å². The second-order valence-electron chi connectivity index (χ2n) is 7.53. The van der Waals surface area contributed by atoms with Gasteiger partial charge in [0.05, 0.1) is 12.6 Å². The first-order valence-corrected chi connectivity index (χ1v) is 9.35. The Balaban J connectivity index is 1.42. The molecule has 132 valence electrons. The number of hydrogen-bond donors (Lipinski definition) is 1. The van der Waals surface area contributed by atoms with Crippen LogP contribution in [-0.2, 0) is 9.59 Å². The molecule has 2 saturated heterocycles. The van der Waals surface area contributed by atoms with Crippen LogP contribution in [0.5, 0.6) is 0 Å². The Kier molecular flexibility index (Phi) is 5.40. The maximum atomic E-state index is 12.4. The maximum Gasteiger partial charge on any atom is 0.235 e. The van der Waals surface area contributed by atoms with Crippen LogP contribution in [0, 0.1) is 17.2 Å². The summed E-state index contributed by atoms with van der Waals surface area (Å²) in [5.74, 6) is 0.386. The lowest BCUT2D eigenvalue weighted by Crippen LogP contribution is -2.50. The Morgan fingerprint density at radius 2 is 1.67 bits per heavy atom. The minimum Gasteiger partial charge on any atom is -0.342 e. The Labute approximate surface area is 144 Å². The van der Waals surface area contributed by atoms with Crippen molar-refractivity contribution < 1.29 is 9.59 Å². The third-order valence-electron chi connectivity index (χ3n) is 5.77. The van der Waals surface area contributed by atoms with E-state index in [9.17, 15) is 14.9 Å². The fourth-order valence-electron chi connectivity index (χ4n) is 4.29. The molecule has 0 atom stereocenters. The number of nitrogens with one attached hydrogen (secondary N) is 1. The van der Waals surface area contributed by atoms with Crippen molar-refractivity contribution in [3.63, 3.8) is 0 Å². The quantitative estimate of drug-likeness (QED) is 0.841. The maximum absolute atomic E-state index is 12.4. The summed E-state index contributed by atoms with van der Waals surface area (Å²) in [6, 6.07) is 2.30. The van der Waals surface area contributed by atoms with Crippen molar-refractivity contribution in [2.24, 2.45) is 5.92 Å². The molecule has 6 heteroatoms. The van der Waals surface area contributed by atoms with Crippen LogP contribution in [0.1, 0.15) is 51.4 Å². The number of nitriles is 1. The first kappa shape index (κ1) is 17.2. The summed E-state index contributed by atoms with van der Waals surface area (Å²) in [6.07, 6.45) is 7.49. The minimum atomic E-state index is -0.638. The number of piperidine rings is 1. The Morgan fingerprint density at radius 3 is 2.25 bits per heavy atom. The normalized spacial score (nSPS) is 24.7. The highest BCUT2D eigenvalue weighted by molar-refractivity contribution is 5.80. The Morgan fingerprint density at radius 1 is 1.04 bits per heavy atom. The van der Waals surface area contributed by atoms with Crippen LogP contribution < -0.4 is 5.32 Å². The molecule has 0 spiro atoms. The van der Waals surface area contributed by atoms with Crippen LogP contribution in [0.3, 0.4) is 0 Å². The molecule has 24 heavy (non-hydrogen) atoms. The van der Waals surface area contributed by atoms with E-state index in [1.165, 1.54) is 0 Å². The van der Waals surface area contributed by atoms with Crippen molar-refractivity contribution in [3.8, 4) is 6.07 Å². The van der Waals surface area contributed by atoms with Gasteiger partial charge in [-0.05, 0) is 64.5 Å². The van der Waals surface area contributed by atoms with E-state index in [1.54, 1.807) is 0 Å². The van der Waals surface area contributed by atoms with E-state index in [0.29, 0.717) is 12.5 Å². The van der Waals surface area contributed by atoms with Gasteiger partial charge in [0, 0.05) is 19.0 Å². The second-order valence-corrected chi connectivity index (χ2v) is 7.53. The van der Waals surface area contributed by atoms with Crippen LogP contribution >= 0.6 is 0 Å². The standard InChI is InChI=1S/C18H28N4O2/c19-14-18(7-1-2-8-18)20-16(23)13-21-11-5-15(6-12-21)17(24)22-9-3-4-10-22/h15H,1-13H2,(H,20,23). The molecule has 0 unspecified atom stereocenters. The average Bonchev–Trinajstić information content (AvgIpc) is 3.27. The number of amides is 2. The van der Waals surface area contributed by atoms with Gasteiger partial charge in [0.1, 0.15) is 5.54 Å². The molecule has 0 aromatic carbocycles. The van der Waals surface area contributed by atoms with Crippen LogP contribution in [-0.4, -0.2) is 59.9 Å². The SMILES string of the molecule is N#CC1(NC(=O)CN2CCC(C(=O)N3CCCC3)CC2)CCCC1. The molecule has 1 N–H and O–H groups in total. The zero-order valence-corrected chi connectivity index (χ0v) is 14.4. The Hall–Kier alpha value is -1.61. The largest absolute Gasteiger partial charge is 0.342 e. The van der Waals surface area contributed by atoms with Gasteiger partial charge in [-0.3, -0.25) is 14.5 Å². The van der Waals surface area contributed by atoms with Gasteiger partial charge in [-0.25, -0.2) is 0 Å². The van der Waals surface area contributed by atoms with Crippen LogP contribution in [0.2, 0.25) is 0 Å². The summed E-state index contributed by atoms with van der Waals surface area (Å²) in [6.45, 7) is 3.75. The summed E-state index contributed by atoms with van der Waals surface area (Å²) in [5, 5.41) is 12.3. The summed E-state index contributed by atoms with van der Waals surface area (Å²) in [4.78, 5) is 28.8. The molecule has 3 aliphatic rings. The number of hydrogen-bond acceptors (Lipinski definition) is 4. The number of carbonyl (C=O) groups excluding carboxylic acids is 2. The summed E-state index contributed by atoms with van der Waals surface area (Å²) in [5.41, 5.74) is -0.638. The van der Waals surface area contributed by atoms with E-state index in [1.807, 2.05) is 4.90 Å². The topological polar surface area (TPSA) is 76.4 Å². The average molecular weight is 332 g/mol. The number of carbonyl (C=O) groups is 2. The van der Waals surface area contributed by atoms with E-state index in [-0.39, 0.29) is 11.8 Å². The lowest BCUT2D eigenvalue weighted by atomic mass is 9.95. The Bertz CT molecular complexity index is 508. The van der Waals surface area contributed by atoms with Crippen molar-refractivity contribution in [2.75, 3.05) is 32.7 Å². The molecule has 3 rings (SSSR count). The fourth-order valence-corrected chi connectivity index (χ4v) is 4.29. The van der Waals surface area contributed by atoms with Crippen LogP contribution in [0.15, 0.2) is 0 Å². The third kappa shape index (κ3) is 3.89. The molecule has 6 nitrogen and oxygen atoms in total. The molecule has 1 aliphatic carbocycles. The molecule has 2 heterocycles. The van der Waals surface area contributed by atoms with Crippen molar-refractivity contribution >= 4 is 11.8 Å². The molecule has 2 amide bonds. The first-order valence-electron chi connectivity index (χ1n) is 9.35. The van der Waals surface area contributed by atoms with E-state index in [4.69, 9.17) is 0 Å². The van der Waals surface area contributed by atoms with E-state index in [2.05, 4.69) is 16.3 Å². The molecule has 3 fully saturated rings. The number of rotatable bonds is 4. The predicted molar refractivity (Wildman–Crippen MR) is 89.9 cm³/mol. The van der Waals surface area contributed by atoms with E-state index in [0.717, 1.165) is 77.5 Å². The number of likely N-dealkylation sites (tertiary alicyclic amines) is 2. The van der Waals surface area contributed by atoms with E-state index < -0.39 is 5.54 Å². The summed E-state index contributed by atoms with van der Waals surface area (Å²) in [7, 11) is 0. The molecule has 0 aromatic heterocycles.